The highest BCUT2D eigenvalue weighted by atomic mass is 19.1. The summed E-state index contributed by atoms with van der Waals surface area (Å²) in [6.07, 6.45) is 0.837. The Labute approximate surface area is 100 Å². The highest BCUT2D eigenvalue weighted by Gasteiger charge is 2.04. The van der Waals surface area contributed by atoms with Crippen molar-refractivity contribution < 1.29 is 13.9 Å². The molecule has 0 radical (unpaired) electrons. The number of hydrogen-bond donors (Lipinski definition) is 2. The fraction of sp³-hybridized carbons (Fsp3) is 0.417. The molecule has 0 aliphatic heterocycles. The number of benzene rings is 1. The summed E-state index contributed by atoms with van der Waals surface area (Å²) >= 11 is 0. The topological polar surface area (TPSA) is 50.4 Å². The molecule has 0 saturated heterocycles. The third-order valence-electron chi connectivity index (χ3n) is 2.14. The van der Waals surface area contributed by atoms with Gasteiger partial charge in [-0.15, -0.1) is 0 Å². The maximum absolute atomic E-state index is 13.2. The Morgan fingerprint density at radius 1 is 1.41 bits per heavy atom. The summed E-state index contributed by atoms with van der Waals surface area (Å²) < 4.78 is 18.1. The van der Waals surface area contributed by atoms with Crippen molar-refractivity contribution in [1.82, 2.24) is 5.32 Å². The van der Waals surface area contributed by atoms with E-state index in [0.29, 0.717) is 13.2 Å². The number of nitrogens with one attached hydrogen (secondary N) is 2. The number of methoxy groups -OCH3 is 1. The first-order chi connectivity index (χ1) is 8.24. The van der Waals surface area contributed by atoms with Gasteiger partial charge < -0.3 is 15.4 Å². The minimum atomic E-state index is -0.430. The summed E-state index contributed by atoms with van der Waals surface area (Å²) in [6, 6.07) is 6.08. The first-order valence-corrected chi connectivity index (χ1v) is 5.48. The van der Waals surface area contributed by atoms with Crippen LogP contribution in [0.15, 0.2) is 24.3 Å². The highest BCUT2D eigenvalue weighted by Crippen LogP contribution is 2.11. The quantitative estimate of drug-likeness (QED) is 0.708. The minimum absolute atomic E-state index is 0.165. The average Bonchev–Trinajstić information content (AvgIpc) is 2.32. The molecule has 0 fully saturated rings. The second-order valence-electron chi connectivity index (χ2n) is 3.55. The van der Waals surface area contributed by atoms with Crippen molar-refractivity contribution in [1.29, 1.82) is 0 Å². The number of rotatable bonds is 7. The zero-order chi connectivity index (χ0) is 12.5. The van der Waals surface area contributed by atoms with Gasteiger partial charge in [0.15, 0.2) is 0 Å². The molecule has 0 aliphatic rings. The predicted molar refractivity (Wildman–Crippen MR) is 64.4 cm³/mol. The lowest BCUT2D eigenvalue weighted by atomic mass is 10.3. The highest BCUT2D eigenvalue weighted by molar-refractivity contribution is 5.92. The monoisotopic (exact) mass is 240 g/mol. The molecule has 5 heteroatoms. The van der Waals surface area contributed by atoms with Gasteiger partial charge in [-0.1, -0.05) is 12.1 Å². The fourth-order valence-corrected chi connectivity index (χ4v) is 1.30. The molecule has 0 unspecified atom stereocenters. The average molecular weight is 240 g/mol. The molecule has 0 spiro atoms. The summed E-state index contributed by atoms with van der Waals surface area (Å²) in [7, 11) is 1.63. The van der Waals surface area contributed by atoms with Gasteiger partial charge in [-0.3, -0.25) is 4.79 Å². The molecule has 0 bridgehead atoms. The van der Waals surface area contributed by atoms with E-state index in [1.807, 2.05) is 0 Å². The number of anilines is 1. The number of carbonyl (C=O) groups excluding carboxylic acids is 1. The molecule has 0 aromatic heterocycles. The largest absolute Gasteiger partial charge is 0.385 e. The van der Waals surface area contributed by atoms with Gasteiger partial charge >= 0.3 is 0 Å². The van der Waals surface area contributed by atoms with Gasteiger partial charge in [0.1, 0.15) is 5.82 Å². The molecule has 2 N–H and O–H groups in total. The van der Waals surface area contributed by atoms with Crippen molar-refractivity contribution in [3.63, 3.8) is 0 Å². The van der Waals surface area contributed by atoms with Crippen LogP contribution in [0.5, 0.6) is 0 Å². The number of para-hydroxylation sites is 1. The Morgan fingerprint density at radius 3 is 2.88 bits per heavy atom. The van der Waals surface area contributed by atoms with E-state index in [1.165, 1.54) is 12.1 Å². The molecule has 0 saturated carbocycles. The van der Waals surface area contributed by atoms with Crippen LogP contribution in [-0.2, 0) is 9.53 Å². The van der Waals surface area contributed by atoms with Gasteiger partial charge in [0.05, 0.1) is 12.2 Å². The molecule has 1 amide bonds. The second kappa shape index (κ2) is 7.76. The summed E-state index contributed by atoms with van der Waals surface area (Å²) in [6.45, 7) is 1.51. The Hall–Kier alpha value is -1.46. The zero-order valence-electron chi connectivity index (χ0n) is 9.83. The number of hydrogen-bond acceptors (Lipinski definition) is 3. The second-order valence-corrected chi connectivity index (χ2v) is 3.55. The molecule has 1 aromatic carbocycles. The van der Waals surface area contributed by atoms with Crippen LogP contribution in [0.25, 0.3) is 0 Å². The van der Waals surface area contributed by atoms with E-state index in [0.717, 1.165) is 6.42 Å². The molecule has 1 rings (SSSR count). The van der Waals surface area contributed by atoms with Crippen molar-refractivity contribution in [2.75, 3.05) is 32.1 Å². The van der Waals surface area contributed by atoms with E-state index >= 15 is 0 Å². The summed E-state index contributed by atoms with van der Waals surface area (Å²) in [5.41, 5.74) is 0.205. The van der Waals surface area contributed by atoms with E-state index in [2.05, 4.69) is 10.6 Å². The lowest BCUT2D eigenvalue weighted by Crippen LogP contribution is -2.29. The van der Waals surface area contributed by atoms with E-state index in [1.54, 1.807) is 19.2 Å². The third kappa shape index (κ3) is 5.42. The van der Waals surface area contributed by atoms with Gasteiger partial charge in [-0.2, -0.15) is 0 Å². The SMILES string of the molecule is COCCCNCC(=O)Nc1ccccc1F. The third-order valence-corrected chi connectivity index (χ3v) is 2.14. The number of carbonyl (C=O) groups is 1. The normalized spacial score (nSPS) is 10.2. The first-order valence-electron chi connectivity index (χ1n) is 5.48. The minimum Gasteiger partial charge on any atom is -0.385 e. The standard InChI is InChI=1S/C12H17FN2O2/c1-17-8-4-7-14-9-12(16)15-11-6-3-2-5-10(11)13/h2-3,5-6,14H,4,7-9H2,1H3,(H,15,16). The van der Waals surface area contributed by atoms with Crippen LogP contribution in [0.4, 0.5) is 10.1 Å². The first kappa shape index (κ1) is 13.6. The number of halogens is 1. The molecule has 0 aliphatic carbocycles. The van der Waals surface area contributed by atoms with Crippen LogP contribution in [-0.4, -0.2) is 32.7 Å². The smallest absolute Gasteiger partial charge is 0.238 e. The van der Waals surface area contributed by atoms with Crippen LogP contribution < -0.4 is 10.6 Å². The zero-order valence-corrected chi connectivity index (χ0v) is 9.83. The van der Waals surface area contributed by atoms with Crippen LogP contribution in [0.3, 0.4) is 0 Å². The molecule has 0 atom stereocenters. The van der Waals surface area contributed by atoms with Crippen LogP contribution >= 0.6 is 0 Å². The maximum atomic E-state index is 13.2. The van der Waals surface area contributed by atoms with Crippen molar-refractivity contribution in [2.24, 2.45) is 0 Å². The van der Waals surface area contributed by atoms with Gasteiger partial charge in [-0.25, -0.2) is 4.39 Å². The van der Waals surface area contributed by atoms with Crippen molar-refractivity contribution in [3.05, 3.63) is 30.1 Å². The summed E-state index contributed by atoms with van der Waals surface area (Å²) in [5.74, 6) is -0.687. The molecule has 94 valence electrons. The molecular weight excluding hydrogens is 223 g/mol. The van der Waals surface area contributed by atoms with Crippen molar-refractivity contribution >= 4 is 11.6 Å². The number of ether oxygens (including phenoxy) is 1. The Balaban J connectivity index is 2.23. The molecule has 17 heavy (non-hydrogen) atoms. The van der Waals surface area contributed by atoms with Gasteiger partial charge in [0.2, 0.25) is 5.91 Å². The van der Waals surface area contributed by atoms with E-state index < -0.39 is 5.82 Å². The Bertz CT molecular complexity index is 358. The van der Waals surface area contributed by atoms with Crippen molar-refractivity contribution in [2.45, 2.75) is 6.42 Å². The van der Waals surface area contributed by atoms with Gasteiger partial charge in [0.25, 0.3) is 0 Å². The van der Waals surface area contributed by atoms with Crippen LogP contribution in [0, 0.1) is 5.82 Å². The Kier molecular flexibility index (Phi) is 6.21. The van der Waals surface area contributed by atoms with Crippen LogP contribution in [0.2, 0.25) is 0 Å². The van der Waals surface area contributed by atoms with E-state index in [4.69, 9.17) is 4.74 Å². The molecular formula is C12H17FN2O2. The van der Waals surface area contributed by atoms with Gasteiger partial charge in [-0.05, 0) is 25.1 Å². The predicted octanol–water partition coefficient (Wildman–Crippen LogP) is 1.39. The lowest BCUT2D eigenvalue weighted by Gasteiger charge is -2.07. The molecule has 0 heterocycles. The number of amides is 1. The van der Waals surface area contributed by atoms with Crippen molar-refractivity contribution in [3.8, 4) is 0 Å². The maximum Gasteiger partial charge on any atom is 0.238 e. The van der Waals surface area contributed by atoms with Crippen LogP contribution in [0.1, 0.15) is 6.42 Å². The molecule has 1 aromatic rings. The lowest BCUT2D eigenvalue weighted by molar-refractivity contribution is -0.115. The van der Waals surface area contributed by atoms with E-state index in [9.17, 15) is 9.18 Å². The van der Waals surface area contributed by atoms with Gasteiger partial charge in [0, 0.05) is 13.7 Å². The summed E-state index contributed by atoms with van der Waals surface area (Å²) in [4.78, 5) is 11.4. The molecule has 4 nitrogen and oxygen atoms in total. The summed E-state index contributed by atoms with van der Waals surface area (Å²) in [5, 5.41) is 5.44. The van der Waals surface area contributed by atoms with E-state index in [-0.39, 0.29) is 18.1 Å². The Morgan fingerprint density at radius 2 is 2.18 bits per heavy atom. The fourth-order valence-electron chi connectivity index (χ4n) is 1.30.